The molecule has 0 aromatic heterocycles. The monoisotopic (exact) mass is 135 g/mol. The molecule has 54 valence electrons. The fraction of sp³-hybridized carbons (Fsp3) is 0.333. The van der Waals surface area contributed by atoms with Crippen LogP contribution >= 0.6 is 0 Å². The van der Waals surface area contributed by atoms with Gasteiger partial charge in [0.05, 0.1) is 7.11 Å². The molecular weight excluding hydrogens is 126 g/mol. The van der Waals surface area contributed by atoms with Crippen molar-refractivity contribution in [1.82, 2.24) is 0 Å². The minimum absolute atomic E-state index is 0.333. The molecule has 0 bridgehead atoms. The lowest BCUT2D eigenvalue weighted by Crippen LogP contribution is -2.20. The first kappa shape index (κ1) is 10.5. The molecule has 0 spiro atoms. The summed E-state index contributed by atoms with van der Waals surface area (Å²) in [5.74, 6) is -0.333. The number of hydrogen-bond acceptors (Lipinski definition) is 3. The van der Waals surface area contributed by atoms with Gasteiger partial charge in [-0.15, -0.1) is 0 Å². The van der Waals surface area contributed by atoms with Crippen LogP contribution in [0.15, 0.2) is 0 Å². The van der Waals surface area contributed by atoms with E-state index in [1.54, 1.807) is 0 Å². The molecule has 0 saturated carbocycles. The topological polar surface area (TPSA) is 122 Å². The second-order valence-electron chi connectivity index (χ2n) is 0.925. The van der Waals surface area contributed by atoms with Crippen LogP contribution in [0.1, 0.15) is 0 Å². The fourth-order valence-corrected chi connectivity index (χ4v) is 0. The molecule has 6 nitrogen and oxygen atoms in total. The first-order chi connectivity index (χ1) is 4.00. The molecule has 0 heterocycles. The highest BCUT2D eigenvalue weighted by atomic mass is 16.6. The Labute approximate surface area is 51.9 Å². The first-order valence-electron chi connectivity index (χ1n) is 1.87. The maximum absolute atomic E-state index is 9.15. The second kappa shape index (κ2) is 6.54. The van der Waals surface area contributed by atoms with Gasteiger partial charge in [-0.2, -0.15) is 0 Å². The van der Waals surface area contributed by atoms with E-state index in [0.29, 0.717) is 0 Å². The molecule has 6 heteroatoms. The van der Waals surface area contributed by atoms with Gasteiger partial charge < -0.3 is 21.3 Å². The Hall–Kier alpha value is -1.46. The maximum Gasteiger partial charge on any atom is 0.505 e. The molecule has 9 heavy (non-hydrogen) atoms. The summed E-state index contributed by atoms with van der Waals surface area (Å²) in [5.41, 5.74) is 8.94. The van der Waals surface area contributed by atoms with Gasteiger partial charge >= 0.3 is 6.16 Å². The molecule has 0 radical (unpaired) electrons. The SMILES string of the molecule is COC(=O)O.N=C(N)N. The van der Waals surface area contributed by atoms with E-state index >= 15 is 0 Å². The van der Waals surface area contributed by atoms with Crippen molar-refractivity contribution in [3.63, 3.8) is 0 Å². The quantitative estimate of drug-likeness (QED) is 0.196. The lowest BCUT2D eigenvalue weighted by Gasteiger charge is -1.79. The minimum atomic E-state index is -1.25. The average Bonchev–Trinajstić information content (AvgIpc) is 1.65. The number of carbonyl (C=O) groups is 1. The van der Waals surface area contributed by atoms with Crippen LogP contribution in [0.5, 0.6) is 0 Å². The summed E-state index contributed by atoms with van der Waals surface area (Å²) >= 11 is 0. The third kappa shape index (κ3) is 462. The summed E-state index contributed by atoms with van der Waals surface area (Å²) in [5, 5.41) is 13.6. The molecule has 0 atom stereocenters. The number of nitrogens with two attached hydrogens (primary N) is 2. The van der Waals surface area contributed by atoms with Gasteiger partial charge in [-0.25, -0.2) is 4.79 Å². The molecule has 0 rings (SSSR count). The minimum Gasteiger partial charge on any atom is -0.450 e. The van der Waals surface area contributed by atoms with Crippen LogP contribution in [0.3, 0.4) is 0 Å². The van der Waals surface area contributed by atoms with Gasteiger partial charge in [-0.1, -0.05) is 0 Å². The van der Waals surface area contributed by atoms with E-state index < -0.39 is 6.16 Å². The Morgan fingerprint density at radius 1 is 1.67 bits per heavy atom. The predicted molar refractivity (Wildman–Crippen MR) is 31.1 cm³/mol. The predicted octanol–water partition coefficient (Wildman–Crippen LogP) is -0.851. The van der Waals surface area contributed by atoms with Gasteiger partial charge in [0, 0.05) is 0 Å². The van der Waals surface area contributed by atoms with Crippen LogP contribution < -0.4 is 11.5 Å². The molecule has 0 aromatic carbocycles. The van der Waals surface area contributed by atoms with Crippen molar-refractivity contribution in [3.8, 4) is 0 Å². The molecule has 0 unspecified atom stereocenters. The van der Waals surface area contributed by atoms with Crippen LogP contribution in [0.4, 0.5) is 4.79 Å². The van der Waals surface area contributed by atoms with Gasteiger partial charge in [0.25, 0.3) is 0 Å². The molecule has 0 fully saturated rings. The highest BCUT2D eigenvalue weighted by Crippen LogP contribution is 1.60. The van der Waals surface area contributed by atoms with E-state index in [2.05, 4.69) is 16.2 Å². The highest BCUT2D eigenvalue weighted by molar-refractivity contribution is 5.71. The summed E-state index contributed by atoms with van der Waals surface area (Å²) in [6, 6.07) is 0. The van der Waals surface area contributed by atoms with Crippen molar-refractivity contribution in [1.29, 1.82) is 5.41 Å². The number of methoxy groups -OCH3 is 1. The van der Waals surface area contributed by atoms with E-state index in [0.717, 1.165) is 7.11 Å². The van der Waals surface area contributed by atoms with Crippen molar-refractivity contribution >= 4 is 12.1 Å². The number of rotatable bonds is 0. The zero-order chi connectivity index (χ0) is 7.86. The summed E-state index contributed by atoms with van der Waals surface area (Å²) in [4.78, 5) is 9.15. The Balaban J connectivity index is 0. The molecular formula is C3H9N3O3. The molecule has 6 N–H and O–H groups in total. The van der Waals surface area contributed by atoms with Gasteiger partial charge in [0.1, 0.15) is 0 Å². The summed E-state index contributed by atoms with van der Waals surface area (Å²) in [6.07, 6.45) is -1.25. The Kier molecular flexibility index (Phi) is 7.64. The number of hydrogen-bond donors (Lipinski definition) is 4. The molecule has 0 amide bonds. The van der Waals surface area contributed by atoms with Crippen LogP contribution in [0, 0.1) is 5.41 Å². The van der Waals surface area contributed by atoms with Crippen molar-refractivity contribution in [2.75, 3.05) is 7.11 Å². The van der Waals surface area contributed by atoms with Gasteiger partial charge in [0.15, 0.2) is 5.96 Å². The number of ether oxygens (including phenoxy) is 1. The van der Waals surface area contributed by atoms with Crippen LogP contribution in [0.2, 0.25) is 0 Å². The summed E-state index contributed by atoms with van der Waals surface area (Å²) in [6.45, 7) is 0. The van der Waals surface area contributed by atoms with E-state index in [9.17, 15) is 0 Å². The Bertz CT molecular complexity index is 98.5. The number of carboxylic acid groups (broad SMARTS) is 1. The summed E-state index contributed by atoms with van der Waals surface area (Å²) < 4.78 is 3.67. The Morgan fingerprint density at radius 3 is 1.78 bits per heavy atom. The van der Waals surface area contributed by atoms with Gasteiger partial charge in [0.2, 0.25) is 0 Å². The van der Waals surface area contributed by atoms with Crippen molar-refractivity contribution in [2.24, 2.45) is 11.5 Å². The zero-order valence-electron chi connectivity index (χ0n) is 4.92. The average molecular weight is 135 g/mol. The van der Waals surface area contributed by atoms with Crippen LogP contribution in [-0.2, 0) is 4.74 Å². The number of guanidine groups is 1. The highest BCUT2D eigenvalue weighted by Gasteiger charge is 1.80. The molecule has 0 aliphatic rings. The molecule has 0 saturated heterocycles. The lowest BCUT2D eigenvalue weighted by molar-refractivity contribution is 0.114. The molecule has 0 aliphatic carbocycles. The van der Waals surface area contributed by atoms with E-state index in [1.807, 2.05) is 0 Å². The standard InChI is InChI=1S/C2H4O3.CH5N3/c1-5-2(3)4;2-1(3)4/h1H3,(H,3,4);(H5,2,3,4). The number of nitrogens with one attached hydrogen (secondary N) is 1. The normalized spacial score (nSPS) is 6.33. The van der Waals surface area contributed by atoms with Crippen molar-refractivity contribution < 1.29 is 14.6 Å². The van der Waals surface area contributed by atoms with E-state index in [1.165, 1.54) is 0 Å². The third-order valence-corrected chi connectivity index (χ3v) is 0.175. The molecule has 0 aliphatic heterocycles. The van der Waals surface area contributed by atoms with Crippen LogP contribution in [-0.4, -0.2) is 24.3 Å². The van der Waals surface area contributed by atoms with Crippen LogP contribution in [0.25, 0.3) is 0 Å². The smallest absolute Gasteiger partial charge is 0.450 e. The second-order valence-corrected chi connectivity index (χ2v) is 0.925. The largest absolute Gasteiger partial charge is 0.505 e. The van der Waals surface area contributed by atoms with Gasteiger partial charge in [-0.05, 0) is 0 Å². The molecule has 0 aromatic rings. The fourth-order valence-electron chi connectivity index (χ4n) is 0. The van der Waals surface area contributed by atoms with Gasteiger partial charge in [-0.3, -0.25) is 5.41 Å². The lowest BCUT2D eigenvalue weighted by atomic mass is 11.1. The van der Waals surface area contributed by atoms with E-state index in [4.69, 9.17) is 15.3 Å². The van der Waals surface area contributed by atoms with Crippen molar-refractivity contribution in [3.05, 3.63) is 0 Å². The van der Waals surface area contributed by atoms with Crippen molar-refractivity contribution in [2.45, 2.75) is 0 Å². The Morgan fingerprint density at radius 2 is 1.78 bits per heavy atom. The summed E-state index contributed by atoms with van der Waals surface area (Å²) in [7, 11) is 1.10. The third-order valence-electron chi connectivity index (χ3n) is 0.175. The zero-order valence-corrected chi connectivity index (χ0v) is 4.92. The first-order valence-corrected chi connectivity index (χ1v) is 1.87. The van der Waals surface area contributed by atoms with E-state index in [-0.39, 0.29) is 5.96 Å². The maximum atomic E-state index is 9.15.